The van der Waals surface area contributed by atoms with Gasteiger partial charge < -0.3 is 9.53 Å². The van der Waals surface area contributed by atoms with E-state index in [1.807, 2.05) is 0 Å². The van der Waals surface area contributed by atoms with E-state index < -0.39 is 23.5 Å². The van der Waals surface area contributed by atoms with Crippen molar-refractivity contribution in [1.82, 2.24) is 0 Å². The van der Waals surface area contributed by atoms with Gasteiger partial charge in [0.1, 0.15) is 12.1 Å². The molecule has 0 saturated heterocycles. The number of ketones is 1. The van der Waals surface area contributed by atoms with Crippen molar-refractivity contribution in [2.45, 2.75) is 0 Å². The fraction of sp³-hybridized carbons (Fsp3) is 0.182. The average Bonchev–Trinajstić information content (AvgIpc) is 2.34. The van der Waals surface area contributed by atoms with Crippen LogP contribution in [0.2, 0.25) is 10.0 Å². The van der Waals surface area contributed by atoms with E-state index >= 15 is 0 Å². The Bertz CT molecular complexity index is 516. The molecule has 0 fully saturated rings. The maximum atomic E-state index is 13.2. The number of carbonyl (C=O) groups is 3. The number of esters is 1. The standard InChI is InChI=1S/C11H7Cl2FO4/c1-18-11(17)6(4-15)10(16)5-2-9(14)8(13)3-7(5)12/h2-4,6H,1H3. The molecule has 96 valence electrons. The Morgan fingerprint density at radius 2 is 1.94 bits per heavy atom. The Morgan fingerprint density at radius 1 is 1.33 bits per heavy atom. The van der Waals surface area contributed by atoms with Gasteiger partial charge in [-0.25, -0.2) is 4.39 Å². The Morgan fingerprint density at radius 3 is 2.44 bits per heavy atom. The molecule has 0 heterocycles. The van der Waals surface area contributed by atoms with Gasteiger partial charge in [-0.2, -0.15) is 0 Å². The van der Waals surface area contributed by atoms with Gasteiger partial charge in [0, 0.05) is 5.56 Å². The number of halogens is 3. The third-order valence-electron chi connectivity index (χ3n) is 2.15. The summed E-state index contributed by atoms with van der Waals surface area (Å²) in [6.45, 7) is 0. The molecule has 1 rings (SSSR count). The van der Waals surface area contributed by atoms with Crippen LogP contribution in [0.4, 0.5) is 4.39 Å². The van der Waals surface area contributed by atoms with Gasteiger partial charge in [0.25, 0.3) is 0 Å². The van der Waals surface area contributed by atoms with Crippen molar-refractivity contribution in [3.05, 3.63) is 33.6 Å². The maximum Gasteiger partial charge on any atom is 0.323 e. The lowest BCUT2D eigenvalue weighted by Crippen LogP contribution is -2.27. The molecular weight excluding hydrogens is 286 g/mol. The van der Waals surface area contributed by atoms with Gasteiger partial charge in [0.2, 0.25) is 0 Å². The highest BCUT2D eigenvalue weighted by molar-refractivity contribution is 6.37. The molecule has 0 bridgehead atoms. The van der Waals surface area contributed by atoms with Gasteiger partial charge in [-0.1, -0.05) is 23.2 Å². The summed E-state index contributed by atoms with van der Waals surface area (Å²) in [6, 6.07) is 1.79. The number of hydrogen-bond donors (Lipinski definition) is 0. The van der Waals surface area contributed by atoms with Crippen LogP contribution in [-0.4, -0.2) is 25.1 Å². The first-order chi connectivity index (χ1) is 8.42. The van der Waals surface area contributed by atoms with E-state index in [0.717, 1.165) is 19.2 Å². The zero-order valence-corrected chi connectivity index (χ0v) is 10.6. The lowest BCUT2D eigenvalue weighted by Gasteiger charge is -2.09. The Labute approximate surface area is 112 Å². The largest absolute Gasteiger partial charge is 0.468 e. The highest BCUT2D eigenvalue weighted by atomic mass is 35.5. The molecule has 0 aromatic heterocycles. The minimum absolute atomic E-state index is 0.108. The quantitative estimate of drug-likeness (QED) is 0.281. The molecule has 0 aliphatic carbocycles. The molecule has 0 N–H and O–H groups in total. The monoisotopic (exact) mass is 292 g/mol. The highest BCUT2D eigenvalue weighted by Gasteiger charge is 2.30. The van der Waals surface area contributed by atoms with Crippen LogP contribution in [-0.2, 0) is 14.3 Å². The van der Waals surface area contributed by atoms with Crippen LogP contribution < -0.4 is 0 Å². The second-order valence-electron chi connectivity index (χ2n) is 3.25. The summed E-state index contributed by atoms with van der Waals surface area (Å²) in [5, 5.41) is -0.417. The number of carbonyl (C=O) groups excluding carboxylic acids is 3. The van der Waals surface area contributed by atoms with E-state index in [9.17, 15) is 18.8 Å². The molecule has 0 saturated carbocycles. The van der Waals surface area contributed by atoms with Crippen molar-refractivity contribution in [1.29, 1.82) is 0 Å². The van der Waals surface area contributed by atoms with Crippen molar-refractivity contribution in [3.63, 3.8) is 0 Å². The van der Waals surface area contributed by atoms with Crippen LogP contribution in [0.15, 0.2) is 12.1 Å². The van der Waals surface area contributed by atoms with E-state index in [-0.39, 0.29) is 21.9 Å². The predicted molar refractivity (Wildman–Crippen MR) is 62.3 cm³/mol. The third kappa shape index (κ3) is 2.86. The maximum absolute atomic E-state index is 13.2. The molecule has 1 atom stereocenters. The molecular formula is C11H7Cl2FO4. The number of methoxy groups -OCH3 is 1. The first kappa shape index (κ1) is 14.6. The molecule has 1 aromatic rings. The lowest BCUT2D eigenvalue weighted by molar-refractivity contribution is -0.144. The molecule has 7 heteroatoms. The molecule has 0 radical (unpaired) electrons. The summed E-state index contributed by atoms with van der Waals surface area (Å²) >= 11 is 11.2. The lowest BCUT2D eigenvalue weighted by atomic mass is 9.99. The van der Waals surface area contributed by atoms with Crippen molar-refractivity contribution in [3.8, 4) is 0 Å². The van der Waals surface area contributed by atoms with Crippen LogP contribution in [0.25, 0.3) is 0 Å². The number of aldehydes is 1. The molecule has 0 spiro atoms. The molecule has 18 heavy (non-hydrogen) atoms. The number of hydrogen-bond acceptors (Lipinski definition) is 4. The van der Waals surface area contributed by atoms with E-state index in [1.54, 1.807) is 0 Å². The highest BCUT2D eigenvalue weighted by Crippen LogP contribution is 2.26. The van der Waals surface area contributed by atoms with Crippen molar-refractivity contribution in [2.75, 3.05) is 7.11 Å². The summed E-state index contributed by atoms with van der Waals surface area (Å²) in [4.78, 5) is 33.7. The third-order valence-corrected chi connectivity index (χ3v) is 2.75. The van der Waals surface area contributed by atoms with Gasteiger partial charge in [0.15, 0.2) is 11.7 Å². The van der Waals surface area contributed by atoms with Crippen LogP contribution in [0.1, 0.15) is 10.4 Å². The van der Waals surface area contributed by atoms with Gasteiger partial charge in [-0.15, -0.1) is 0 Å². The molecule has 1 unspecified atom stereocenters. The zero-order chi connectivity index (χ0) is 13.9. The summed E-state index contributed by atoms with van der Waals surface area (Å²) in [5.74, 6) is -4.54. The first-order valence-electron chi connectivity index (χ1n) is 4.64. The van der Waals surface area contributed by atoms with E-state index in [1.165, 1.54) is 0 Å². The minimum atomic E-state index is -1.67. The van der Waals surface area contributed by atoms with Gasteiger partial charge in [0.05, 0.1) is 17.2 Å². The fourth-order valence-corrected chi connectivity index (χ4v) is 1.71. The normalized spacial score (nSPS) is 11.8. The van der Waals surface area contributed by atoms with Gasteiger partial charge >= 0.3 is 5.97 Å². The Kier molecular flexibility index (Phi) is 4.81. The van der Waals surface area contributed by atoms with E-state index in [0.29, 0.717) is 0 Å². The number of rotatable bonds is 4. The zero-order valence-electron chi connectivity index (χ0n) is 9.08. The average molecular weight is 293 g/mol. The number of Topliss-reactive ketones (excluding diaryl/α,β-unsaturated/α-hetero) is 1. The molecule has 0 aliphatic heterocycles. The van der Waals surface area contributed by atoms with Crippen LogP contribution in [0, 0.1) is 11.7 Å². The van der Waals surface area contributed by atoms with Crippen molar-refractivity contribution in [2.24, 2.45) is 5.92 Å². The van der Waals surface area contributed by atoms with Gasteiger partial charge in [-0.3, -0.25) is 9.59 Å². The molecule has 4 nitrogen and oxygen atoms in total. The first-order valence-corrected chi connectivity index (χ1v) is 5.39. The molecule has 0 aliphatic rings. The molecule has 1 aromatic carbocycles. The minimum Gasteiger partial charge on any atom is -0.468 e. The SMILES string of the molecule is COC(=O)C(C=O)C(=O)c1cc(F)c(Cl)cc1Cl. The Balaban J connectivity index is 3.21. The number of ether oxygens (including phenoxy) is 1. The second kappa shape index (κ2) is 5.93. The van der Waals surface area contributed by atoms with Crippen LogP contribution in [0.5, 0.6) is 0 Å². The summed E-state index contributed by atoms with van der Waals surface area (Å²) in [5.41, 5.74) is -0.305. The van der Waals surface area contributed by atoms with Crippen molar-refractivity contribution < 1.29 is 23.5 Å². The van der Waals surface area contributed by atoms with E-state index in [2.05, 4.69) is 4.74 Å². The van der Waals surface area contributed by atoms with Crippen molar-refractivity contribution >= 4 is 41.2 Å². The summed E-state index contributed by atoms with van der Waals surface area (Å²) in [6.07, 6.45) is 0.108. The van der Waals surface area contributed by atoms with Gasteiger partial charge in [-0.05, 0) is 12.1 Å². The van der Waals surface area contributed by atoms with E-state index in [4.69, 9.17) is 23.2 Å². The predicted octanol–water partition coefficient (Wildman–Crippen LogP) is 2.30. The van der Waals surface area contributed by atoms with Crippen LogP contribution in [0.3, 0.4) is 0 Å². The number of benzene rings is 1. The van der Waals surface area contributed by atoms with Crippen LogP contribution >= 0.6 is 23.2 Å². The summed E-state index contributed by atoms with van der Waals surface area (Å²) < 4.78 is 17.5. The second-order valence-corrected chi connectivity index (χ2v) is 4.06. The summed E-state index contributed by atoms with van der Waals surface area (Å²) in [7, 11) is 1.02. The molecule has 0 amide bonds. The topological polar surface area (TPSA) is 60.4 Å². The smallest absolute Gasteiger partial charge is 0.323 e. The Hall–Kier alpha value is -1.46. The fourth-order valence-electron chi connectivity index (χ4n) is 1.23.